The average Bonchev–Trinajstić information content (AvgIpc) is 2.71. The van der Waals surface area contributed by atoms with Crippen molar-refractivity contribution >= 4 is 66.9 Å². The number of hydrogen-bond donors (Lipinski definition) is 0. The highest BCUT2D eigenvalue weighted by molar-refractivity contribution is 8.76. The molecule has 0 spiro atoms. The van der Waals surface area contributed by atoms with Crippen molar-refractivity contribution < 1.29 is 0 Å². The molecule has 0 aliphatic rings. The fraction of sp³-hybridized carbons (Fsp3) is 0.100. The van der Waals surface area contributed by atoms with E-state index in [0.717, 1.165) is 11.0 Å². The molecule has 0 radical (unpaired) electrons. The third-order valence-electron chi connectivity index (χ3n) is 4.04. The van der Waals surface area contributed by atoms with Gasteiger partial charge in [0.15, 0.2) is 0 Å². The monoisotopic (exact) mass is 412 g/mol. The van der Waals surface area contributed by atoms with Gasteiger partial charge in [-0.25, -0.2) is 0 Å². The van der Waals surface area contributed by atoms with E-state index in [-0.39, 0.29) is 0 Å². The second-order valence-electron chi connectivity index (χ2n) is 5.55. The van der Waals surface area contributed by atoms with Gasteiger partial charge in [0.1, 0.15) is 0 Å². The fourth-order valence-corrected chi connectivity index (χ4v) is 5.91. The Labute approximate surface area is 169 Å². The Balaban J connectivity index is 1.65. The molecule has 0 N–H and O–H groups in total. The first-order chi connectivity index (χ1) is 12.8. The zero-order valence-corrected chi connectivity index (χ0v) is 17.6. The summed E-state index contributed by atoms with van der Waals surface area (Å²) in [5, 5.41) is 2.40. The molecule has 0 bridgehead atoms. The van der Waals surface area contributed by atoms with Crippen molar-refractivity contribution in [3.05, 3.63) is 60.9 Å². The lowest BCUT2D eigenvalue weighted by Gasteiger charge is -2.08. The summed E-state index contributed by atoms with van der Waals surface area (Å²) in [6.45, 7) is 0. The summed E-state index contributed by atoms with van der Waals surface area (Å²) < 4.78 is 0. The van der Waals surface area contributed by atoms with Crippen LogP contribution in [-0.2, 0) is 0 Å². The number of hydrogen-bond acceptors (Lipinski definition) is 6. The molecule has 2 nitrogen and oxygen atoms in total. The predicted octanol–water partition coefficient (Wildman–Crippen LogP) is 7.03. The van der Waals surface area contributed by atoms with E-state index in [1.165, 1.54) is 30.4 Å². The van der Waals surface area contributed by atoms with Crippen molar-refractivity contribution in [3.63, 3.8) is 0 Å². The Morgan fingerprint density at radius 3 is 1.50 bits per heavy atom. The Hall–Kier alpha value is -1.34. The van der Waals surface area contributed by atoms with Gasteiger partial charge < -0.3 is 0 Å². The molecule has 0 aliphatic heterocycles. The van der Waals surface area contributed by atoms with Crippen molar-refractivity contribution in [2.45, 2.75) is 19.6 Å². The van der Waals surface area contributed by atoms with Crippen LogP contribution in [0.1, 0.15) is 0 Å². The molecule has 130 valence electrons. The maximum Gasteiger partial charge on any atom is 0.0724 e. The van der Waals surface area contributed by atoms with Crippen molar-refractivity contribution in [3.8, 4) is 0 Å². The SMILES string of the molecule is CSc1ccc2c(SSc3ccnc4cc(SC)ccc34)ccnc2c1. The van der Waals surface area contributed by atoms with Gasteiger partial charge in [-0.2, -0.15) is 0 Å². The van der Waals surface area contributed by atoms with Crippen LogP contribution in [0.4, 0.5) is 0 Å². The van der Waals surface area contributed by atoms with Gasteiger partial charge >= 0.3 is 0 Å². The highest BCUT2D eigenvalue weighted by Crippen LogP contribution is 2.43. The lowest BCUT2D eigenvalue weighted by molar-refractivity contribution is 1.33. The Bertz CT molecular complexity index is 994. The van der Waals surface area contributed by atoms with E-state index in [9.17, 15) is 0 Å². The van der Waals surface area contributed by atoms with E-state index in [1.54, 1.807) is 45.1 Å². The van der Waals surface area contributed by atoms with Gasteiger partial charge in [-0.1, -0.05) is 33.7 Å². The Morgan fingerprint density at radius 1 is 0.615 bits per heavy atom. The van der Waals surface area contributed by atoms with Crippen molar-refractivity contribution in [2.75, 3.05) is 12.5 Å². The van der Waals surface area contributed by atoms with Gasteiger partial charge in [-0.05, 0) is 48.9 Å². The zero-order chi connectivity index (χ0) is 17.9. The fourth-order valence-electron chi connectivity index (χ4n) is 2.69. The minimum atomic E-state index is 1.05. The minimum absolute atomic E-state index is 1.05. The first-order valence-electron chi connectivity index (χ1n) is 7.98. The molecule has 26 heavy (non-hydrogen) atoms. The first kappa shape index (κ1) is 18.0. The van der Waals surface area contributed by atoms with Gasteiger partial charge in [-0.15, -0.1) is 23.5 Å². The molecule has 0 amide bonds. The zero-order valence-electron chi connectivity index (χ0n) is 14.3. The normalized spacial score (nSPS) is 11.3. The molecular formula is C20H16N2S4. The summed E-state index contributed by atoms with van der Waals surface area (Å²) in [6.07, 6.45) is 7.97. The molecular weight excluding hydrogens is 397 g/mol. The quantitative estimate of drug-likeness (QED) is 0.258. The number of aromatic nitrogens is 2. The van der Waals surface area contributed by atoms with E-state index >= 15 is 0 Å². The van der Waals surface area contributed by atoms with Gasteiger partial charge in [-0.3, -0.25) is 9.97 Å². The van der Waals surface area contributed by atoms with Crippen molar-refractivity contribution in [1.82, 2.24) is 9.97 Å². The lowest BCUT2D eigenvalue weighted by atomic mass is 10.2. The molecule has 0 atom stereocenters. The number of rotatable bonds is 5. The van der Waals surface area contributed by atoms with Crippen LogP contribution in [0, 0.1) is 0 Å². The number of benzene rings is 2. The van der Waals surface area contributed by atoms with E-state index < -0.39 is 0 Å². The highest BCUT2D eigenvalue weighted by atomic mass is 33.1. The Morgan fingerprint density at radius 2 is 1.08 bits per heavy atom. The standard InChI is InChI=1S/C20H16N2S4/c1-23-13-3-5-15-17(11-13)21-9-7-19(15)25-26-20-8-10-22-18-12-14(24-2)4-6-16(18)20/h3-12H,1-2H3. The molecule has 2 heterocycles. The summed E-state index contributed by atoms with van der Waals surface area (Å²) in [6, 6.07) is 17.2. The van der Waals surface area contributed by atoms with Crippen LogP contribution in [0.2, 0.25) is 0 Å². The molecule has 6 heteroatoms. The van der Waals surface area contributed by atoms with Crippen molar-refractivity contribution in [1.29, 1.82) is 0 Å². The molecule has 4 aromatic rings. The first-order valence-corrected chi connectivity index (χ1v) is 12.6. The average molecular weight is 413 g/mol. The van der Waals surface area contributed by atoms with Crippen LogP contribution in [0.5, 0.6) is 0 Å². The number of nitrogens with zero attached hydrogens (tertiary/aromatic N) is 2. The lowest BCUT2D eigenvalue weighted by Crippen LogP contribution is -1.83. The molecule has 2 aromatic carbocycles. The Kier molecular flexibility index (Phi) is 5.64. The molecule has 2 aromatic heterocycles. The summed E-state index contributed by atoms with van der Waals surface area (Å²) in [4.78, 5) is 14.0. The molecule has 0 saturated heterocycles. The third kappa shape index (κ3) is 3.69. The second-order valence-corrected chi connectivity index (χ2v) is 9.52. The molecule has 0 aliphatic carbocycles. The summed E-state index contributed by atoms with van der Waals surface area (Å²) in [7, 11) is 3.56. The summed E-state index contributed by atoms with van der Waals surface area (Å²) in [5.41, 5.74) is 2.10. The minimum Gasteiger partial charge on any atom is -0.256 e. The van der Waals surface area contributed by atoms with Crippen LogP contribution in [0.25, 0.3) is 21.8 Å². The van der Waals surface area contributed by atoms with Crippen LogP contribution in [-0.4, -0.2) is 22.5 Å². The van der Waals surface area contributed by atoms with Crippen LogP contribution in [0.15, 0.2) is 80.5 Å². The molecule has 0 unspecified atom stereocenters. The van der Waals surface area contributed by atoms with Crippen LogP contribution in [0.3, 0.4) is 0 Å². The van der Waals surface area contributed by atoms with E-state index in [0.29, 0.717) is 0 Å². The number of pyridine rings is 2. The maximum atomic E-state index is 4.53. The van der Waals surface area contributed by atoms with Crippen LogP contribution >= 0.6 is 45.1 Å². The van der Waals surface area contributed by atoms with Gasteiger partial charge in [0.25, 0.3) is 0 Å². The number of fused-ring (bicyclic) bond motifs is 2. The van der Waals surface area contributed by atoms with Gasteiger partial charge in [0, 0.05) is 42.7 Å². The summed E-state index contributed by atoms with van der Waals surface area (Å²) in [5.74, 6) is 0. The largest absolute Gasteiger partial charge is 0.256 e. The predicted molar refractivity (Wildman–Crippen MR) is 119 cm³/mol. The molecule has 0 saturated carbocycles. The maximum absolute atomic E-state index is 4.53. The molecule has 4 rings (SSSR count). The van der Waals surface area contributed by atoms with E-state index in [1.807, 2.05) is 12.4 Å². The second kappa shape index (κ2) is 8.13. The van der Waals surface area contributed by atoms with Gasteiger partial charge in [0.05, 0.1) is 11.0 Å². The van der Waals surface area contributed by atoms with E-state index in [2.05, 4.69) is 71.0 Å². The van der Waals surface area contributed by atoms with Crippen molar-refractivity contribution in [2.24, 2.45) is 0 Å². The summed E-state index contributed by atoms with van der Waals surface area (Å²) >= 11 is 3.49. The third-order valence-corrected chi connectivity index (χ3v) is 7.97. The topological polar surface area (TPSA) is 25.8 Å². The number of thioether (sulfide) groups is 2. The van der Waals surface area contributed by atoms with Crippen LogP contribution < -0.4 is 0 Å². The van der Waals surface area contributed by atoms with Gasteiger partial charge in [0.2, 0.25) is 0 Å². The smallest absolute Gasteiger partial charge is 0.0724 e. The molecule has 0 fully saturated rings. The highest BCUT2D eigenvalue weighted by Gasteiger charge is 2.08. The van der Waals surface area contributed by atoms with E-state index in [4.69, 9.17) is 0 Å².